The summed E-state index contributed by atoms with van der Waals surface area (Å²) < 4.78 is 1.76. The van der Waals surface area contributed by atoms with Crippen LogP contribution in [-0.2, 0) is 18.4 Å². The van der Waals surface area contributed by atoms with Crippen LogP contribution >= 0.6 is 0 Å². The Balaban J connectivity index is 1.74. The highest BCUT2D eigenvalue weighted by Crippen LogP contribution is 2.23. The van der Waals surface area contributed by atoms with Gasteiger partial charge in [-0.2, -0.15) is 5.10 Å². The first-order valence-corrected chi connectivity index (χ1v) is 7.33. The Bertz CT molecular complexity index is 799. The zero-order valence-electron chi connectivity index (χ0n) is 13.1. The molecular weight excluding hydrogens is 288 g/mol. The predicted molar refractivity (Wildman–Crippen MR) is 89.3 cm³/mol. The minimum Gasteiger partial charge on any atom is -0.328 e. The Labute approximate surface area is 135 Å². The van der Waals surface area contributed by atoms with Crippen LogP contribution in [0.1, 0.15) is 5.69 Å². The maximum Gasteiger partial charge on any atom is 0.254 e. The standard InChI is InChI=1S/C18H18N4O/c1-4-13-11-22(18(23)17(13)5-2)12-16-7-6-14(8-19-16)15-9-20-21(3)10-15/h4-10H,1-2,11-12H2,3H3. The minimum atomic E-state index is -0.0203. The first-order valence-electron chi connectivity index (χ1n) is 7.33. The number of amides is 1. The van der Waals surface area contributed by atoms with Crippen molar-refractivity contribution in [2.45, 2.75) is 6.54 Å². The molecule has 5 nitrogen and oxygen atoms in total. The highest BCUT2D eigenvalue weighted by molar-refractivity contribution is 6.00. The Kier molecular flexibility index (Phi) is 3.93. The molecule has 5 heteroatoms. The largest absolute Gasteiger partial charge is 0.328 e. The van der Waals surface area contributed by atoms with Crippen LogP contribution in [0.5, 0.6) is 0 Å². The van der Waals surface area contributed by atoms with E-state index in [1.807, 2.05) is 31.6 Å². The maximum atomic E-state index is 12.3. The molecule has 0 aromatic carbocycles. The Morgan fingerprint density at radius 2 is 2.04 bits per heavy atom. The lowest BCUT2D eigenvalue weighted by atomic mass is 10.1. The number of aromatic nitrogens is 3. The number of hydrogen-bond acceptors (Lipinski definition) is 3. The molecule has 0 aliphatic carbocycles. The monoisotopic (exact) mass is 306 g/mol. The second-order valence-electron chi connectivity index (χ2n) is 5.45. The van der Waals surface area contributed by atoms with E-state index in [1.54, 1.807) is 27.9 Å². The molecule has 3 rings (SSSR count). The number of hydrogen-bond donors (Lipinski definition) is 0. The summed E-state index contributed by atoms with van der Waals surface area (Å²) in [6.45, 7) is 8.48. The molecule has 23 heavy (non-hydrogen) atoms. The van der Waals surface area contributed by atoms with E-state index in [4.69, 9.17) is 0 Å². The van der Waals surface area contributed by atoms with Crippen molar-refractivity contribution < 1.29 is 4.79 Å². The summed E-state index contributed by atoms with van der Waals surface area (Å²) in [6, 6.07) is 3.94. The normalized spacial score (nSPS) is 14.5. The van der Waals surface area contributed by atoms with Gasteiger partial charge in [0.25, 0.3) is 5.91 Å². The molecule has 0 radical (unpaired) electrons. The molecule has 1 amide bonds. The van der Waals surface area contributed by atoms with Crippen molar-refractivity contribution in [3.8, 4) is 11.1 Å². The second kappa shape index (κ2) is 6.04. The fraction of sp³-hybridized carbons (Fsp3) is 0.167. The molecule has 0 fully saturated rings. The summed E-state index contributed by atoms with van der Waals surface area (Å²) in [5.41, 5.74) is 4.42. The first-order chi connectivity index (χ1) is 11.1. The number of nitrogens with zero attached hydrogens (tertiary/aromatic N) is 4. The van der Waals surface area contributed by atoms with Crippen LogP contribution in [0.3, 0.4) is 0 Å². The van der Waals surface area contributed by atoms with E-state index in [1.165, 1.54) is 0 Å². The molecule has 1 aliphatic rings. The van der Waals surface area contributed by atoms with E-state index >= 15 is 0 Å². The third-order valence-electron chi connectivity index (χ3n) is 3.89. The smallest absolute Gasteiger partial charge is 0.254 e. The van der Waals surface area contributed by atoms with Gasteiger partial charge < -0.3 is 4.90 Å². The predicted octanol–water partition coefficient (Wildman–Crippen LogP) is 2.49. The molecular formula is C18H18N4O. The van der Waals surface area contributed by atoms with Crippen LogP contribution in [0, 0.1) is 0 Å². The summed E-state index contributed by atoms with van der Waals surface area (Å²) in [5, 5.41) is 4.16. The van der Waals surface area contributed by atoms with E-state index < -0.39 is 0 Å². The molecule has 0 bridgehead atoms. The van der Waals surface area contributed by atoms with Crippen molar-refractivity contribution in [1.82, 2.24) is 19.7 Å². The highest BCUT2D eigenvalue weighted by atomic mass is 16.2. The van der Waals surface area contributed by atoms with Crippen LogP contribution in [0.15, 0.2) is 67.2 Å². The molecule has 2 aromatic rings. The van der Waals surface area contributed by atoms with E-state index in [0.717, 1.165) is 22.4 Å². The SMILES string of the molecule is C=CC1=C(C=C)C(=O)N(Cc2ccc(-c3cnn(C)c3)cn2)C1. The van der Waals surface area contributed by atoms with E-state index in [-0.39, 0.29) is 5.91 Å². The minimum absolute atomic E-state index is 0.0203. The lowest BCUT2D eigenvalue weighted by molar-refractivity contribution is -0.125. The van der Waals surface area contributed by atoms with Crippen molar-refractivity contribution in [3.05, 3.63) is 72.9 Å². The number of rotatable bonds is 5. The van der Waals surface area contributed by atoms with Crippen molar-refractivity contribution >= 4 is 5.91 Å². The van der Waals surface area contributed by atoms with Gasteiger partial charge in [-0.1, -0.05) is 31.4 Å². The summed E-state index contributed by atoms with van der Waals surface area (Å²) in [6.07, 6.45) is 8.86. The van der Waals surface area contributed by atoms with Gasteiger partial charge in [-0.15, -0.1) is 0 Å². The van der Waals surface area contributed by atoms with Crippen LogP contribution in [-0.4, -0.2) is 32.1 Å². The van der Waals surface area contributed by atoms with Gasteiger partial charge in [0.1, 0.15) is 0 Å². The number of aryl methyl sites for hydroxylation is 1. The average molecular weight is 306 g/mol. The Morgan fingerprint density at radius 1 is 1.22 bits per heavy atom. The van der Waals surface area contributed by atoms with E-state index in [9.17, 15) is 4.79 Å². The summed E-state index contributed by atoms with van der Waals surface area (Å²) in [4.78, 5) is 18.5. The van der Waals surface area contributed by atoms with Gasteiger partial charge in [-0.05, 0) is 11.6 Å². The van der Waals surface area contributed by atoms with Crippen LogP contribution in [0.2, 0.25) is 0 Å². The van der Waals surface area contributed by atoms with Crippen molar-refractivity contribution in [3.63, 3.8) is 0 Å². The van der Waals surface area contributed by atoms with E-state index in [2.05, 4.69) is 23.2 Å². The van der Waals surface area contributed by atoms with Crippen molar-refractivity contribution in [1.29, 1.82) is 0 Å². The average Bonchev–Trinajstić information content (AvgIpc) is 3.12. The summed E-state index contributed by atoms with van der Waals surface area (Å²) in [7, 11) is 1.88. The fourth-order valence-electron chi connectivity index (χ4n) is 2.65. The van der Waals surface area contributed by atoms with Gasteiger partial charge >= 0.3 is 0 Å². The van der Waals surface area contributed by atoms with Gasteiger partial charge in [-0.3, -0.25) is 14.5 Å². The van der Waals surface area contributed by atoms with Crippen LogP contribution < -0.4 is 0 Å². The number of carbonyl (C=O) groups excluding carboxylic acids is 1. The lowest BCUT2D eigenvalue weighted by Crippen LogP contribution is -2.26. The molecule has 0 unspecified atom stereocenters. The first kappa shape index (κ1) is 15.0. The summed E-state index contributed by atoms with van der Waals surface area (Å²) in [5.74, 6) is -0.0203. The molecule has 2 aromatic heterocycles. The Hall–Kier alpha value is -2.95. The number of carbonyl (C=O) groups is 1. The zero-order chi connectivity index (χ0) is 16.4. The fourth-order valence-corrected chi connectivity index (χ4v) is 2.65. The second-order valence-corrected chi connectivity index (χ2v) is 5.45. The number of pyridine rings is 1. The van der Waals surface area contributed by atoms with Gasteiger partial charge in [0.2, 0.25) is 0 Å². The van der Waals surface area contributed by atoms with Gasteiger partial charge in [0.15, 0.2) is 0 Å². The quantitative estimate of drug-likeness (QED) is 0.853. The van der Waals surface area contributed by atoms with Gasteiger partial charge in [0.05, 0.1) is 18.4 Å². The third-order valence-corrected chi connectivity index (χ3v) is 3.89. The highest BCUT2D eigenvalue weighted by Gasteiger charge is 2.27. The van der Waals surface area contributed by atoms with Gasteiger partial charge in [-0.25, -0.2) is 0 Å². The van der Waals surface area contributed by atoms with Crippen LogP contribution in [0.4, 0.5) is 0 Å². The molecule has 1 aliphatic heterocycles. The molecule has 3 heterocycles. The molecule has 116 valence electrons. The molecule has 0 saturated carbocycles. The van der Waals surface area contributed by atoms with E-state index in [0.29, 0.717) is 18.7 Å². The van der Waals surface area contributed by atoms with Crippen molar-refractivity contribution in [2.75, 3.05) is 6.54 Å². The zero-order valence-corrected chi connectivity index (χ0v) is 13.1. The summed E-state index contributed by atoms with van der Waals surface area (Å²) >= 11 is 0. The molecule has 0 N–H and O–H groups in total. The maximum absolute atomic E-state index is 12.3. The molecule has 0 saturated heterocycles. The molecule has 0 atom stereocenters. The Morgan fingerprint density at radius 3 is 2.57 bits per heavy atom. The lowest BCUT2D eigenvalue weighted by Gasteiger charge is -2.16. The van der Waals surface area contributed by atoms with Crippen molar-refractivity contribution in [2.24, 2.45) is 7.05 Å². The van der Waals surface area contributed by atoms with Gasteiger partial charge in [0, 0.05) is 42.7 Å². The van der Waals surface area contributed by atoms with Crippen LogP contribution in [0.25, 0.3) is 11.1 Å². The molecule has 0 spiro atoms. The topological polar surface area (TPSA) is 51.0 Å². The third kappa shape index (κ3) is 2.85.